The Balaban J connectivity index is 0. The van der Waals surface area contributed by atoms with Crippen LogP contribution in [0.3, 0.4) is 0 Å². The molecule has 0 atom stereocenters. The van der Waals surface area contributed by atoms with Crippen molar-refractivity contribution in [2.24, 2.45) is 0 Å². The standard InChI is InChI=1S/C12H28N.C2H5O/c1-9(2)13(10(3)4,11(5)6)12(7)8;1-2-3/h9-12H,1-8H3;2H2,1H3/q+1;-1. The molecule has 0 aliphatic heterocycles. The summed E-state index contributed by atoms with van der Waals surface area (Å²) in [6, 6.07) is 2.83. The van der Waals surface area contributed by atoms with Crippen LogP contribution in [0.2, 0.25) is 0 Å². The van der Waals surface area contributed by atoms with E-state index in [1.165, 1.54) is 4.48 Å². The van der Waals surface area contributed by atoms with Crippen LogP contribution < -0.4 is 5.11 Å². The lowest BCUT2D eigenvalue weighted by atomic mass is 10.0. The minimum Gasteiger partial charge on any atom is -0.855 e. The first-order valence-corrected chi connectivity index (χ1v) is 6.65. The van der Waals surface area contributed by atoms with Gasteiger partial charge in [0.2, 0.25) is 0 Å². The van der Waals surface area contributed by atoms with Gasteiger partial charge in [0.15, 0.2) is 0 Å². The summed E-state index contributed by atoms with van der Waals surface area (Å²) in [4.78, 5) is 0. The summed E-state index contributed by atoms with van der Waals surface area (Å²) in [5.74, 6) is 0. The molecular weight excluding hydrogens is 198 g/mol. The molecule has 0 spiro atoms. The summed E-state index contributed by atoms with van der Waals surface area (Å²) >= 11 is 0. The Morgan fingerprint density at radius 1 is 0.688 bits per heavy atom. The summed E-state index contributed by atoms with van der Waals surface area (Å²) in [5.41, 5.74) is 0. The highest BCUT2D eigenvalue weighted by atomic mass is 16.2. The molecule has 0 rings (SSSR count). The third kappa shape index (κ3) is 4.06. The average molecular weight is 231 g/mol. The fraction of sp³-hybridized carbons (Fsp3) is 1.00. The van der Waals surface area contributed by atoms with Crippen molar-refractivity contribution in [3.8, 4) is 0 Å². The Kier molecular flexibility index (Phi) is 9.23. The Morgan fingerprint density at radius 3 is 0.812 bits per heavy atom. The molecule has 0 saturated carbocycles. The van der Waals surface area contributed by atoms with Crippen LogP contribution in [0.5, 0.6) is 0 Å². The van der Waals surface area contributed by atoms with Crippen LogP contribution in [0.1, 0.15) is 62.3 Å². The molecule has 0 radical (unpaired) electrons. The number of rotatable bonds is 4. The van der Waals surface area contributed by atoms with E-state index >= 15 is 0 Å². The van der Waals surface area contributed by atoms with Gasteiger partial charge >= 0.3 is 0 Å². The van der Waals surface area contributed by atoms with Crippen LogP contribution in [0.4, 0.5) is 0 Å². The van der Waals surface area contributed by atoms with E-state index in [-0.39, 0.29) is 6.61 Å². The van der Waals surface area contributed by atoms with Crippen molar-refractivity contribution in [3.05, 3.63) is 0 Å². The lowest BCUT2D eigenvalue weighted by molar-refractivity contribution is -1.00. The molecule has 100 valence electrons. The predicted molar refractivity (Wildman–Crippen MR) is 71.3 cm³/mol. The summed E-state index contributed by atoms with van der Waals surface area (Å²) < 4.78 is 1.22. The molecule has 0 N–H and O–H groups in total. The zero-order valence-electron chi connectivity index (χ0n) is 12.9. The second kappa shape index (κ2) is 8.08. The van der Waals surface area contributed by atoms with Gasteiger partial charge in [-0.25, -0.2) is 0 Å². The van der Waals surface area contributed by atoms with Gasteiger partial charge in [-0.05, 0) is 55.4 Å². The first-order valence-electron chi connectivity index (χ1n) is 6.65. The topological polar surface area (TPSA) is 23.1 Å². The van der Waals surface area contributed by atoms with Crippen molar-refractivity contribution in [1.82, 2.24) is 0 Å². The van der Waals surface area contributed by atoms with Crippen LogP contribution in [0.25, 0.3) is 0 Å². The largest absolute Gasteiger partial charge is 0.855 e. The van der Waals surface area contributed by atoms with Crippen molar-refractivity contribution < 1.29 is 9.59 Å². The maximum atomic E-state index is 8.93. The molecule has 0 bridgehead atoms. The average Bonchev–Trinajstić information content (AvgIpc) is 2.01. The van der Waals surface area contributed by atoms with E-state index in [0.29, 0.717) is 24.2 Å². The van der Waals surface area contributed by atoms with Gasteiger partial charge in [-0.3, -0.25) is 0 Å². The highest BCUT2D eigenvalue weighted by Gasteiger charge is 2.40. The fourth-order valence-electron chi connectivity index (χ4n) is 3.58. The Hall–Kier alpha value is -0.0800. The summed E-state index contributed by atoms with van der Waals surface area (Å²) in [7, 11) is 0. The van der Waals surface area contributed by atoms with Crippen molar-refractivity contribution in [1.29, 1.82) is 0 Å². The van der Waals surface area contributed by atoms with E-state index < -0.39 is 0 Å². The zero-order valence-corrected chi connectivity index (χ0v) is 12.9. The first-order chi connectivity index (χ1) is 7.19. The van der Waals surface area contributed by atoms with Crippen LogP contribution in [0, 0.1) is 0 Å². The number of hydrogen-bond donors (Lipinski definition) is 0. The quantitative estimate of drug-likeness (QED) is 0.682. The smallest absolute Gasteiger partial charge is 0.0839 e. The second-order valence-corrected chi connectivity index (χ2v) is 5.56. The van der Waals surface area contributed by atoms with Crippen LogP contribution >= 0.6 is 0 Å². The second-order valence-electron chi connectivity index (χ2n) is 5.56. The van der Waals surface area contributed by atoms with E-state index in [4.69, 9.17) is 5.11 Å². The molecule has 0 saturated heterocycles. The summed E-state index contributed by atoms with van der Waals surface area (Å²) in [5, 5.41) is 8.93. The molecule has 0 amide bonds. The molecule has 0 unspecified atom stereocenters. The molecule has 0 aliphatic carbocycles. The summed E-state index contributed by atoms with van der Waals surface area (Å²) in [6.45, 7) is 20.3. The molecule has 0 aromatic carbocycles. The van der Waals surface area contributed by atoms with Crippen LogP contribution in [0.15, 0.2) is 0 Å². The molecule has 0 aromatic rings. The van der Waals surface area contributed by atoms with Gasteiger partial charge in [0.1, 0.15) is 0 Å². The van der Waals surface area contributed by atoms with Gasteiger partial charge < -0.3 is 9.59 Å². The maximum Gasteiger partial charge on any atom is 0.0839 e. The molecule has 0 fully saturated rings. The third-order valence-electron chi connectivity index (χ3n) is 3.58. The van der Waals surface area contributed by atoms with Gasteiger partial charge in [-0.1, -0.05) is 6.92 Å². The van der Waals surface area contributed by atoms with Gasteiger partial charge in [0.05, 0.1) is 24.2 Å². The van der Waals surface area contributed by atoms with Gasteiger partial charge in [-0.2, -0.15) is 0 Å². The lowest BCUT2D eigenvalue weighted by Crippen LogP contribution is -2.65. The highest BCUT2D eigenvalue weighted by Crippen LogP contribution is 2.28. The molecular formula is C14H33NO. The molecule has 0 aromatic heterocycles. The third-order valence-corrected chi connectivity index (χ3v) is 3.58. The van der Waals surface area contributed by atoms with Crippen molar-refractivity contribution in [3.63, 3.8) is 0 Å². The van der Waals surface area contributed by atoms with Crippen LogP contribution in [-0.2, 0) is 0 Å². The van der Waals surface area contributed by atoms with Gasteiger partial charge in [-0.15, -0.1) is 6.61 Å². The van der Waals surface area contributed by atoms with Crippen LogP contribution in [-0.4, -0.2) is 35.3 Å². The number of hydrogen-bond acceptors (Lipinski definition) is 1. The normalized spacial score (nSPS) is 12.4. The fourth-order valence-corrected chi connectivity index (χ4v) is 3.58. The van der Waals surface area contributed by atoms with E-state index in [1.807, 2.05) is 0 Å². The Morgan fingerprint density at radius 2 is 0.812 bits per heavy atom. The van der Waals surface area contributed by atoms with E-state index in [2.05, 4.69) is 55.4 Å². The summed E-state index contributed by atoms with van der Waals surface area (Å²) in [6.07, 6.45) is 0. The van der Waals surface area contributed by atoms with E-state index in [9.17, 15) is 0 Å². The SMILES string of the molecule is CC(C)[N+](C(C)C)(C(C)C)C(C)C.CC[O-]. The van der Waals surface area contributed by atoms with E-state index in [1.54, 1.807) is 6.92 Å². The molecule has 2 heteroatoms. The molecule has 0 aliphatic rings. The molecule has 0 heterocycles. The Bertz CT molecular complexity index is 125. The van der Waals surface area contributed by atoms with Gasteiger partial charge in [0.25, 0.3) is 0 Å². The minimum atomic E-state index is 0. The van der Waals surface area contributed by atoms with Crippen molar-refractivity contribution in [2.45, 2.75) is 86.5 Å². The zero-order chi connectivity index (χ0) is 13.5. The van der Waals surface area contributed by atoms with Crippen molar-refractivity contribution >= 4 is 0 Å². The predicted octanol–water partition coefficient (Wildman–Crippen LogP) is 2.80. The monoisotopic (exact) mass is 231 g/mol. The van der Waals surface area contributed by atoms with Crippen molar-refractivity contribution in [2.75, 3.05) is 6.61 Å². The van der Waals surface area contributed by atoms with E-state index in [0.717, 1.165) is 0 Å². The minimum absolute atomic E-state index is 0. The number of quaternary nitrogens is 1. The maximum absolute atomic E-state index is 8.93. The van der Waals surface area contributed by atoms with Gasteiger partial charge in [0, 0.05) is 0 Å². The Labute approximate surface area is 103 Å². The molecule has 2 nitrogen and oxygen atoms in total. The highest BCUT2D eigenvalue weighted by molar-refractivity contribution is 4.61. The number of nitrogens with zero attached hydrogens (tertiary/aromatic N) is 1. The molecule has 16 heavy (non-hydrogen) atoms. The first kappa shape index (κ1) is 18.3. The lowest BCUT2D eigenvalue weighted by Gasteiger charge is -2.52.